The number of nitrogens with one attached hydrogen (secondary N) is 1. The van der Waals surface area contributed by atoms with Crippen LogP contribution in [0.5, 0.6) is 0 Å². The minimum absolute atomic E-state index is 0. The van der Waals surface area contributed by atoms with E-state index in [-0.39, 0.29) is 24.1 Å². The smallest absolute Gasteiger partial charge is 0.223 e. The fraction of sp³-hybridized carbons (Fsp3) is 0.619. The summed E-state index contributed by atoms with van der Waals surface area (Å²) in [5.41, 5.74) is 1.98. The SMILES string of the molecule is CC(C)Cc1ccc(C(=O)CCC(=O)N2C3CCNCC2CC3)cc1.Cl. The van der Waals surface area contributed by atoms with Crippen molar-refractivity contribution in [1.29, 1.82) is 0 Å². The molecule has 0 aromatic heterocycles. The van der Waals surface area contributed by atoms with Gasteiger partial charge in [0.05, 0.1) is 0 Å². The number of fused-ring (bicyclic) bond motifs is 2. The van der Waals surface area contributed by atoms with Gasteiger partial charge in [0, 0.05) is 37.0 Å². The Labute approximate surface area is 163 Å². The molecular weight excluding hydrogens is 348 g/mol. The van der Waals surface area contributed by atoms with Gasteiger partial charge in [-0.15, -0.1) is 12.4 Å². The van der Waals surface area contributed by atoms with Crippen molar-refractivity contribution in [2.45, 2.75) is 64.5 Å². The third-order valence-corrected chi connectivity index (χ3v) is 5.43. The van der Waals surface area contributed by atoms with Gasteiger partial charge in [0.15, 0.2) is 5.78 Å². The predicted octanol–water partition coefficient (Wildman–Crippen LogP) is 3.62. The molecular formula is C21H31ClN2O2. The highest BCUT2D eigenvalue weighted by Crippen LogP contribution is 2.28. The van der Waals surface area contributed by atoms with Crippen molar-refractivity contribution < 1.29 is 9.59 Å². The van der Waals surface area contributed by atoms with E-state index in [1.165, 1.54) is 5.56 Å². The van der Waals surface area contributed by atoms with Crippen LogP contribution in [0.25, 0.3) is 0 Å². The average molecular weight is 379 g/mol. The van der Waals surface area contributed by atoms with Gasteiger partial charge < -0.3 is 10.2 Å². The number of carbonyl (C=O) groups excluding carboxylic acids is 2. The van der Waals surface area contributed by atoms with E-state index < -0.39 is 0 Å². The highest BCUT2D eigenvalue weighted by Gasteiger charge is 2.37. The van der Waals surface area contributed by atoms with Gasteiger partial charge in [-0.1, -0.05) is 38.1 Å². The van der Waals surface area contributed by atoms with E-state index in [0.717, 1.165) is 44.3 Å². The predicted molar refractivity (Wildman–Crippen MR) is 107 cm³/mol. The summed E-state index contributed by atoms with van der Waals surface area (Å²) >= 11 is 0. The van der Waals surface area contributed by atoms with Gasteiger partial charge in [-0.25, -0.2) is 0 Å². The van der Waals surface area contributed by atoms with Crippen LogP contribution in [0.3, 0.4) is 0 Å². The Morgan fingerprint density at radius 3 is 2.46 bits per heavy atom. The monoisotopic (exact) mass is 378 g/mol. The normalized spacial score (nSPS) is 22.0. The fourth-order valence-corrected chi connectivity index (χ4v) is 4.18. The Hall–Kier alpha value is -1.39. The topological polar surface area (TPSA) is 49.4 Å². The highest BCUT2D eigenvalue weighted by molar-refractivity contribution is 5.98. The first-order valence-corrected chi connectivity index (χ1v) is 9.68. The molecule has 2 bridgehead atoms. The number of Topliss-reactive ketones (excluding diaryl/α,β-unsaturated/α-hetero) is 1. The van der Waals surface area contributed by atoms with Crippen LogP contribution in [0.15, 0.2) is 24.3 Å². The number of carbonyl (C=O) groups is 2. The van der Waals surface area contributed by atoms with Crippen LogP contribution in [0.1, 0.15) is 61.9 Å². The molecule has 2 fully saturated rings. The Balaban J connectivity index is 0.00000243. The van der Waals surface area contributed by atoms with Gasteiger partial charge in [0.1, 0.15) is 0 Å². The quantitative estimate of drug-likeness (QED) is 0.769. The molecule has 144 valence electrons. The van der Waals surface area contributed by atoms with Crippen LogP contribution in [-0.2, 0) is 11.2 Å². The lowest BCUT2D eigenvalue weighted by Crippen LogP contribution is -2.42. The average Bonchev–Trinajstić information content (AvgIpc) is 2.85. The second-order valence-electron chi connectivity index (χ2n) is 7.90. The van der Waals surface area contributed by atoms with Gasteiger partial charge in [0.2, 0.25) is 5.91 Å². The van der Waals surface area contributed by atoms with Crippen LogP contribution in [0.2, 0.25) is 0 Å². The second kappa shape index (κ2) is 9.52. The molecule has 1 aromatic rings. The fourth-order valence-electron chi connectivity index (χ4n) is 4.18. The molecule has 0 radical (unpaired) electrons. The molecule has 2 saturated heterocycles. The van der Waals surface area contributed by atoms with E-state index in [0.29, 0.717) is 30.8 Å². The molecule has 2 aliphatic heterocycles. The third kappa shape index (κ3) is 5.08. The summed E-state index contributed by atoms with van der Waals surface area (Å²) in [6.45, 7) is 6.27. The Morgan fingerprint density at radius 1 is 1.08 bits per heavy atom. The Kier molecular flexibility index (Phi) is 7.66. The minimum Gasteiger partial charge on any atom is -0.335 e. The van der Waals surface area contributed by atoms with Gasteiger partial charge in [-0.2, -0.15) is 0 Å². The van der Waals surface area contributed by atoms with E-state index in [9.17, 15) is 9.59 Å². The molecule has 4 nitrogen and oxygen atoms in total. The van der Waals surface area contributed by atoms with Crippen molar-refractivity contribution in [2.75, 3.05) is 13.1 Å². The maximum absolute atomic E-state index is 12.7. The van der Waals surface area contributed by atoms with Crippen LogP contribution in [0.4, 0.5) is 0 Å². The van der Waals surface area contributed by atoms with Crippen LogP contribution in [-0.4, -0.2) is 41.8 Å². The lowest BCUT2D eigenvalue weighted by molar-refractivity contribution is -0.133. The first-order chi connectivity index (χ1) is 12.0. The van der Waals surface area contributed by atoms with Crippen LogP contribution < -0.4 is 5.32 Å². The highest BCUT2D eigenvalue weighted by atomic mass is 35.5. The maximum Gasteiger partial charge on any atom is 0.223 e. The van der Waals surface area contributed by atoms with Crippen LogP contribution in [0, 0.1) is 5.92 Å². The first-order valence-electron chi connectivity index (χ1n) is 9.68. The molecule has 1 aromatic carbocycles. The van der Waals surface area contributed by atoms with Crippen molar-refractivity contribution in [2.24, 2.45) is 5.92 Å². The van der Waals surface area contributed by atoms with Crippen molar-refractivity contribution in [3.8, 4) is 0 Å². The Bertz CT molecular complexity index is 601. The van der Waals surface area contributed by atoms with E-state index in [1.807, 2.05) is 24.3 Å². The largest absolute Gasteiger partial charge is 0.335 e. The van der Waals surface area contributed by atoms with Gasteiger partial charge in [-0.05, 0) is 43.7 Å². The van der Waals surface area contributed by atoms with Crippen molar-refractivity contribution in [1.82, 2.24) is 10.2 Å². The minimum atomic E-state index is 0. The number of rotatable bonds is 6. The van der Waals surface area contributed by atoms with Crippen LogP contribution >= 0.6 is 12.4 Å². The molecule has 2 aliphatic rings. The number of halogens is 1. The summed E-state index contributed by atoms with van der Waals surface area (Å²) in [5, 5.41) is 3.41. The summed E-state index contributed by atoms with van der Waals surface area (Å²) in [7, 11) is 0. The zero-order valence-electron chi connectivity index (χ0n) is 15.9. The maximum atomic E-state index is 12.7. The number of ketones is 1. The number of benzene rings is 1. The first kappa shape index (κ1) is 20.9. The molecule has 0 aliphatic carbocycles. The molecule has 2 heterocycles. The molecule has 3 rings (SSSR count). The molecule has 26 heavy (non-hydrogen) atoms. The van der Waals surface area contributed by atoms with Crippen molar-refractivity contribution in [3.63, 3.8) is 0 Å². The summed E-state index contributed by atoms with van der Waals surface area (Å²) in [5.74, 6) is 0.836. The second-order valence-corrected chi connectivity index (χ2v) is 7.90. The molecule has 2 atom stereocenters. The van der Waals surface area contributed by atoms with E-state index in [2.05, 4.69) is 24.1 Å². The standard InChI is InChI=1S/C21H30N2O2.ClH/c1-15(2)13-16-3-5-17(6-4-16)20(24)9-10-21(25)23-18-7-8-19(23)14-22-12-11-18;/h3-6,15,18-19,22H,7-14H2,1-2H3;1H. The van der Waals surface area contributed by atoms with E-state index in [4.69, 9.17) is 0 Å². The number of nitrogens with zero attached hydrogens (tertiary/aromatic N) is 1. The molecule has 0 saturated carbocycles. The van der Waals surface area contributed by atoms with Gasteiger partial charge >= 0.3 is 0 Å². The van der Waals surface area contributed by atoms with E-state index in [1.54, 1.807) is 0 Å². The summed E-state index contributed by atoms with van der Waals surface area (Å²) in [6, 6.07) is 8.59. The van der Waals surface area contributed by atoms with Crippen molar-refractivity contribution in [3.05, 3.63) is 35.4 Å². The molecule has 2 unspecified atom stereocenters. The third-order valence-electron chi connectivity index (χ3n) is 5.43. The Morgan fingerprint density at radius 2 is 1.77 bits per heavy atom. The molecule has 1 amide bonds. The zero-order valence-corrected chi connectivity index (χ0v) is 16.7. The molecule has 5 heteroatoms. The van der Waals surface area contributed by atoms with Gasteiger partial charge in [-0.3, -0.25) is 9.59 Å². The van der Waals surface area contributed by atoms with E-state index >= 15 is 0 Å². The zero-order chi connectivity index (χ0) is 17.8. The number of hydrogen-bond donors (Lipinski definition) is 1. The number of amides is 1. The van der Waals surface area contributed by atoms with Crippen molar-refractivity contribution >= 4 is 24.1 Å². The summed E-state index contributed by atoms with van der Waals surface area (Å²) < 4.78 is 0. The lowest BCUT2D eigenvalue weighted by Gasteiger charge is -2.27. The summed E-state index contributed by atoms with van der Waals surface area (Å²) in [4.78, 5) is 27.2. The van der Waals surface area contributed by atoms with Gasteiger partial charge in [0.25, 0.3) is 0 Å². The molecule has 1 N–H and O–H groups in total. The summed E-state index contributed by atoms with van der Waals surface area (Å²) in [6.07, 6.45) is 4.91. The molecule has 0 spiro atoms. The number of hydrogen-bond acceptors (Lipinski definition) is 3. The lowest BCUT2D eigenvalue weighted by atomic mass is 9.99.